The molecule has 0 saturated carbocycles. The van der Waals surface area contributed by atoms with Gasteiger partial charge < -0.3 is 0 Å². The van der Waals surface area contributed by atoms with Gasteiger partial charge in [-0.1, -0.05) is 48.2 Å². The van der Waals surface area contributed by atoms with Crippen molar-refractivity contribution in [3.63, 3.8) is 0 Å². The Bertz CT molecular complexity index is 1570. The van der Waals surface area contributed by atoms with Gasteiger partial charge in [0.1, 0.15) is 6.54 Å². The van der Waals surface area contributed by atoms with Crippen molar-refractivity contribution in [3.05, 3.63) is 95.6 Å². The summed E-state index contributed by atoms with van der Waals surface area (Å²) in [5.74, 6) is -1.94. The topological polar surface area (TPSA) is 57.7 Å². The lowest BCUT2D eigenvalue weighted by atomic mass is 9.94. The van der Waals surface area contributed by atoms with Crippen molar-refractivity contribution < 1.29 is 27.6 Å². The molecule has 0 aromatic heterocycles. The van der Waals surface area contributed by atoms with Crippen LogP contribution in [0.4, 0.5) is 24.5 Å². The molecule has 5 nitrogen and oxygen atoms in total. The minimum atomic E-state index is -4.60. The number of alkyl halides is 3. The van der Waals surface area contributed by atoms with E-state index in [0.29, 0.717) is 32.0 Å². The summed E-state index contributed by atoms with van der Waals surface area (Å²) < 4.78 is 40.5. The summed E-state index contributed by atoms with van der Waals surface area (Å²) in [6.45, 7) is -0.628. The van der Waals surface area contributed by atoms with E-state index in [1.165, 1.54) is 17.8 Å². The molecule has 0 N–H and O–H groups in total. The van der Waals surface area contributed by atoms with E-state index in [4.69, 9.17) is 0 Å². The first-order valence-electron chi connectivity index (χ1n) is 10.9. The van der Waals surface area contributed by atoms with Gasteiger partial charge in [-0.2, -0.15) is 13.2 Å². The van der Waals surface area contributed by atoms with Crippen LogP contribution in [0.2, 0.25) is 0 Å². The highest BCUT2D eigenvalue weighted by Crippen LogP contribution is 2.49. The lowest BCUT2D eigenvalue weighted by Gasteiger charge is -2.34. The lowest BCUT2D eigenvalue weighted by molar-refractivity contribution is -0.137. The number of carbonyl (C=O) groups excluding carboxylic acids is 3. The Morgan fingerprint density at radius 1 is 0.778 bits per heavy atom. The van der Waals surface area contributed by atoms with Crippen molar-refractivity contribution in [1.29, 1.82) is 0 Å². The van der Waals surface area contributed by atoms with Gasteiger partial charge in [-0.05, 0) is 47.9 Å². The molecule has 0 bridgehead atoms. The highest BCUT2D eigenvalue weighted by Gasteiger charge is 2.38. The first kappa shape index (κ1) is 22.4. The summed E-state index contributed by atoms with van der Waals surface area (Å²) in [7, 11) is 0. The number of benzene rings is 4. The largest absolute Gasteiger partial charge is 0.416 e. The number of hydrogen-bond donors (Lipinski definition) is 0. The summed E-state index contributed by atoms with van der Waals surface area (Å²) >= 11 is 1.25. The van der Waals surface area contributed by atoms with Crippen LogP contribution in [-0.4, -0.2) is 29.2 Å². The molecule has 0 atom stereocenters. The Morgan fingerprint density at radius 2 is 1.42 bits per heavy atom. The maximum atomic E-state index is 13.7. The van der Waals surface area contributed by atoms with Crippen LogP contribution in [0.3, 0.4) is 0 Å². The van der Waals surface area contributed by atoms with Gasteiger partial charge in [-0.3, -0.25) is 24.2 Å². The van der Waals surface area contributed by atoms with Crippen LogP contribution in [0, 0.1) is 0 Å². The molecule has 4 aromatic carbocycles. The highest BCUT2D eigenvalue weighted by atomic mass is 32.2. The normalized spacial score (nSPS) is 14.6. The fourth-order valence-corrected chi connectivity index (χ4v) is 5.67. The molecule has 178 valence electrons. The van der Waals surface area contributed by atoms with Gasteiger partial charge in [0.15, 0.2) is 0 Å². The number of imide groups is 1. The molecule has 2 heterocycles. The monoisotopic (exact) mass is 504 g/mol. The summed E-state index contributed by atoms with van der Waals surface area (Å²) in [6.07, 6.45) is -4.60. The number of nitrogens with zero attached hydrogens (tertiary/aromatic N) is 2. The number of rotatable bonds is 2. The molecule has 0 aliphatic carbocycles. The van der Waals surface area contributed by atoms with Gasteiger partial charge in [0.25, 0.3) is 17.7 Å². The minimum absolute atomic E-state index is 0.0536. The van der Waals surface area contributed by atoms with Gasteiger partial charge in [-0.15, -0.1) is 0 Å². The smallest absolute Gasteiger partial charge is 0.277 e. The first-order chi connectivity index (χ1) is 17.2. The number of carbonyl (C=O) groups is 3. The molecule has 4 aromatic rings. The molecule has 9 heteroatoms. The molecule has 0 fully saturated rings. The van der Waals surface area contributed by atoms with Gasteiger partial charge in [0, 0.05) is 26.3 Å². The zero-order valence-corrected chi connectivity index (χ0v) is 19.2. The van der Waals surface area contributed by atoms with E-state index in [9.17, 15) is 27.6 Å². The summed E-state index contributed by atoms with van der Waals surface area (Å²) in [5, 5.41) is 1.26. The van der Waals surface area contributed by atoms with E-state index in [1.54, 1.807) is 60.7 Å². The predicted octanol–water partition coefficient (Wildman–Crippen LogP) is 6.28. The molecule has 36 heavy (non-hydrogen) atoms. The average molecular weight is 504 g/mol. The number of fused-ring (bicyclic) bond motifs is 2. The fraction of sp³-hybridized carbons (Fsp3) is 0.0741. The maximum absolute atomic E-state index is 13.7. The van der Waals surface area contributed by atoms with Gasteiger partial charge in [0.2, 0.25) is 0 Å². The predicted molar refractivity (Wildman–Crippen MR) is 128 cm³/mol. The summed E-state index contributed by atoms with van der Waals surface area (Å²) in [6, 6.07) is 20.2. The molecular formula is C27H15F3N2O3S. The van der Waals surface area contributed by atoms with Crippen molar-refractivity contribution in [2.24, 2.45) is 0 Å². The van der Waals surface area contributed by atoms with Crippen LogP contribution in [-0.2, 0) is 11.0 Å². The average Bonchev–Trinajstić information content (AvgIpc) is 2.87. The number of para-hydroxylation sites is 1. The molecule has 6 rings (SSSR count). The first-order valence-corrected chi connectivity index (χ1v) is 11.7. The van der Waals surface area contributed by atoms with Gasteiger partial charge in [0.05, 0.1) is 16.9 Å². The van der Waals surface area contributed by atoms with Crippen molar-refractivity contribution in [2.75, 3.05) is 11.4 Å². The molecule has 0 spiro atoms. The maximum Gasteiger partial charge on any atom is 0.416 e. The Hall–Kier alpha value is -4.11. The van der Waals surface area contributed by atoms with Gasteiger partial charge >= 0.3 is 6.18 Å². The SMILES string of the molecule is O=C1c2cccc3cccc(c23)C(=O)N1CC(=O)N1c2ccccc2Sc2ccc(C(F)(F)F)cc21. The Kier molecular flexibility index (Phi) is 4.94. The number of hydrogen-bond acceptors (Lipinski definition) is 4. The third-order valence-corrected chi connectivity index (χ3v) is 7.38. The van der Waals surface area contributed by atoms with Crippen LogP contribution in [0.5, 0.6) is 0 Å². The Labute approximate surface area is 207 Å². The number of anilines is 2. The molecular weight excluding hydrogens is 489 g/mol. The highest BCUT2D eigenvalue weighted by molar-refractivity contribution is 7.99. The standard InChI is InChI=1S/C27H15F3N2O3S/c28-27(29,30)16-11-12-22-20(13-16)32(19-9-1-2-10-21(19)36-22)23(33)14-31-25(34)17-7-3-5-15-6-4-8-18(24(15)17)26(31)35/h1-13H,14H2. The van der Waals surface area contributed by atoms with Crippen molar-refractivity contribution in [3.8, 4) is 0 Å². The molecule has 0 radical (unpaired) electrons. The van der Waals surface area contributed by atoms with E-state index >= 15 is 0 Å². The summed E-state index contributed by atoms with van der Waals surface area (Å²) in [4.78, 5) is 43.4. The van der Waals surface area contributed by atoms with Crippen LogP contribution in [0.15, 0.2) is 88.7 Å². The second-order valence-electron chi connectivity index (χ2n) is 8.38. The molecule has 0 saturated heterocycles. The lowest BCUT2D eigenvalue weighted by Crippen LogP contribution is -2.47. The van der Waals surface area contributed by atoms with Crippen molar-refractivity contribution in [2.45, 2.75) is 16.0 Å². The molecule has 2 aliphatic rings. The fourth-order valence-electron chi connectivity index (χ4n) is 4.63. The zero-order chi connectivity index (χ0) is 25.2. The molecule has 3 amide bonds. The van der Waals surface area contributed by atoms with Crippen molar-refractivity contribution in [1.82, 2.24) is 4.90 Å². The number of amides is 3. The zero-order valence-electron chi connectivity index (χ0n) is 18.4. The third-order valence-electron chi connectivity index (χ3n) is 6.25. The second-order valence-corrected chi connectivity index (χ2v) is 9.47. The Balaban J connectivity index is 1.43. The van der Waals surface area contributed by atoms with Gasteiger partial charge in [-0.25, -0.2) is 0 Å². The second kappa shape index (κ2) is 7.96. The van der Waals surface area contributed by atoms with Crippen LogP contribution < -0.4 is 4.90 Å². The van der Waals surface area contributed by atoms with E-state index < -0.39 is 36.0 Å². The molecule has 0 unspecified atom stereocenters. The number of halogens is 3. The quantitative estimate of drug-likeness (QED) is 0.302. The Morgan fingerprint density at radius 3 is 2.08 bits per heavy atom. The minimum Gasteiger partial charge on any atom is -0.277 e. The molecule has 2 aliphatic heterocycles. The van der Waals surface area contributed by atoms with Crippen LogP contribution in [0.25, 0.3) is 10.8 Å². The van der Waals surface area contributed by atoms with Crippen LogP contribution >= 0.6 is 11.8 Å². The summed E-state index contributed by atoms with van der Waals surface area (Å²) in [5.41, 5.74) is 0.135. The van der Waals surface area contributed by atoms with Crippen LogP contribution in [0.1, 0.15) is 26.3 Å². The van der Waals surface area contributed by atoms with Crippen molar-refractivity contribution >= 4 is 51.6 Å². The third kappa shape index (κ3) is 3.38. The van der Waals surface area contributed by atoms with E-state index in [-0.39, 0.29) is 5.69 Å². The van der Waals surface area contributed by atoms with E-state index in [1.807, 2.05) is 0 Å². The van der Waals surface area contributed by atoms with E-state index in [0.717, 1.165) is 27.3 Å². The van der Waals surface area contributed by atoms with E-state index in [2.05, 4.69) is 0 Å².